The van der Waals surface area contributed by atoms with Crippen LogP contribution < -0.4 is 15.4 Å². The molecule has 1 aromatic carbocycles. The zero-order chi connectivity index (χ0) is 21.4. The molecule has 3 N–H and O–H groups in total. The van der Waals surface area contributed by atoms with Crippen LogP contribution in [0.25, 0.3) is 0 Å². The van der Waals surface area contributed by atoms with E-state index in [1.165, 1.54) is 13.0 Å². The minimum atomic E-state index is -3.27. The van der Waals surface area contributed by atoms with E-state index in [9.17, 15) is 22.8 Å². The topological polar surface area (TPSA) is 131 Å². The Morgan fingerprint density at radius 2 is 1.79 bits per heavy atom. The van der Waals surface area contributed by atoms with Crippen molar-refractivity contribution in [1.82, 2.24) is 10.0 Å². The van der Waals surface area contributed by atoms with Gasteiger partial charge in [0.1, 0.15) is 4.88 Å². The SMILES string of the molecule is CC(OC(=O)c1ccc(CCNS(C)(=O)=O)s1)C(=O)NC(=O)Nc1ccccc1. The lowest BCUT2D eigenvalue weighted by molar-refractivity contribution is -0.127. The minimum Gasteiger partial charge on any atom is -0.448 e. The summed E-state index contributed by atoms with van der Waals surface area (Å²) in [5.74, 6) is -1.47. The first-order valence-electron chi connectivity index (χ1n) is 8.55. The number of rotatable bonds is 8. The van der Waals surface area contributed by atoms with Gasteiger partial charge in [-0.2, -0.15) is 0 Å². The van der Waals surface area contributed by atoms with Gasteiger partial charge in [-0.3, -0.25) is 10.1 Å². The molecule has 0 radical (unpaired) electrons. The van der Waals surface area contributed by atoms with Gasteiger partial charge >= 0.3 is 12.0 Å². The van der Waals surface area contributed by atoms with Crippen molar-refractivity contribution < 1.29 is 27.5 Å². The Labute approximate surface area is 172 Å². The summed E-state index contributed by atoms with van der Waals surface area (Å²) in [5.41, 5.74) is 0.513. The fourth-order valence-corrected chi connectivity index (χ4v) is 3.51. The number of anilines is 1. The van der Waals surface area contributed by atoms with Gasteiger partial charge in [-0.1, -0.05) is 18.2 Å². The molecule has 9 nitrogen and oxygen atoms in total. The highest BCUT2D eigenvalue weighted by Gasteiger charge is 2.22. The van der Waals surface area contributed by atoms with Crippen LogP contribution in [0.3, 0.4) is 0 Å². The third-order valence-corrected chi connectivity index (χ3v) is 5.37. The molecule has 0 aliphatic rings. The smallest absolute Gasteiger partial charge is 0.349 e. The van der Waals surface area contributed by atoms with Gasteiger partial charge in [0.15, 0.2) is 6.10 Å². The summed E-state index contributed by atoms with van der Waals surface area (Å²) >= 11 is 1.14. The maximum Gasteiger partial charge on any atom is 0.349 e. The number of urea groups is 1. The number of sulfonamides is 1. The maximum atomic E-state index is 12.2. The molecule has 1 atom stereocenters. The van der Waals surface area contributed by atoms with Crippen molar-refractivity contribution in [3.63, 3.8) is 0 Å². The number of hydrogen-bond donors (Lipinski definition) is 3. The number of carbonyl (C=O) groups excluding carboxylic acids is 3. The number of carbonyl (C=O) groups is 3. The largest absolute Gasteiger partial charge is 0.448 e. The van der Waals surface area contributed by atoms with E-state index in [2.05, 4.69) is 15.4 Å². The lowest BCUT2D eigenvalue weighted by Gasteiger charge is -2.12. The van der Waals surface area contributed by atoms with E-state index < -0.39 is 34.0 Å². The Hall–Kier alpha value is -2.76. The van der Waals surface area contributed by atoms with Crippen LogP contribution in [0, 0.1) is 0 Å². The third kappa shape index (κ3) is 8.02. The average Bonchev–Trinajstić information content (AvgIpc) is 3.10. The lowest BCUT2D eigenvalue weighted by atomic mass is 10.3. The molecule has 1 heterocycles. The van der Waals surface area contributed by atoms with Crippen molar-refractivity contribution in [2.75, 3.05) is 18.1 Å². The van der Waals surface area contributed by atoms with Crippen molar-refractivity contribution in [3.05, 3.63) is 52.2 Å². The van der Waals surface area contributed by atoms with Crippen LogP contribution in [0.1, 0.15) is 21.5 Å². The predicted octanol–water partition coefficient (Wildman–Crippen LogP) is 1.73. The highest BCUT2D eigenvalue weighted by Crippen LogP contribution is 2.18. The van der Waals surface area contributed by atoms with Gasteiger partial charge in [0, 0.05) is 17.1 Å². The molecule has 0 aliphatic carbocycles. The average molecular weight is 440 g/mol. The molecule has 11 heteroatoms. The lowest BCUT2D eigenvalue weighted by Crippen LogP contribution is -2.41. The number of nitrogens with one attached hydrogen (secondary N) is 3. The van der Waals surface area contributed by atoms with Gasteiger partial charge in [0.25, 0.3) is 5.91 Å². The first-order valence-corrected chi connectivity index (χ1v) is 11.3. The molecule has 0 saturated heterocycles. The van der Waals surface area contributed by atoms with E-state index in [0.29, 0.717) is 12.1 Å². The Balaban J connectivity index is 1.81. The van der Waals surface area contributed by atoms with Gasteiger partial charge in [-0.05, 0) is 37.6 Å². The van der Waals surface area contributed by atoms with Crippen LogP contribution in [-0.2, 0) is 26.0 Å². The van der Waals surface area contributed by atoms with E-state index in [-0.39, 0.29) is 11.4 Å². The summed E-state index contributed by atoms with van der Waals surface area (Å²) in [6.45, 7) is 1.57. The molecular formula is C18H21N3O6S2. The molecule has 1 unspecified atom stereocenters. The minimum absolute atomic E-state index is 0.211. The molecular weight excluding hydrogens is 418 g/mol. The summed E-state index contributed by atoms with van der Waals surface area (Å²) in [6.07, 6.45) is 0.304. The van der Waals surface area contributed by atoms with Crippen LogP contribution in [-0.4, -0.2) is 45.2 Å². The molecule has 2 rings (SSSR count). The van der Waals surface area contributed by atoms with Gasteiger partial charge in [0.2, 0.25) is 10.0 Å². The summed E-state index contributed by atoms with van der Waals surface area (Å²) < 4.78 is 29.6. The second-order valence-electron chi connectivity index (χ2n) is 6.04. The second kappa shape index (κ2) is 10.1. The number of hydrogen-bond acceptors (Lipinski definition) is 7. The number of thiophene rings is 1. The summed E-state index contributed by atoms with van der Waals surface area (Å²) in [5, 5.41) is 4.59. The maximum absolute atomic E-state index is 12.2. The fraction of sp³-hybridized carbons (Fsp3) is 0.278. The predicted molar refractivity (Wildman–Crippen MR) is 109 cm³/mol. The molecule has 0 spiro atoms. The van der Waals surface area contributed by atoms with Crippen molar-refractivity contribution in [2.45, 2.75) is 19.4 Å². The number of para-hydroxylation sites is 1. The number of benzene rings is 1. The number of imide groups is 1. The molecule has 3 amide bonds. The molecule has 1 aromatic heterocycles. The molecule has 0 saturated carbocycles. The van der Waals surface area contributed by atoms with Crippen molar-refractivity contribution in [3.8, 4) is 0 Å². The Kier molecular flexibility index (Phi) is 7.88. The van der Waals surface area contributed by atoms with E-state index in [1.807, 2.05) is 0 Å². The molecule has 156 valence electrons. The van der Waals surface area contributed by atoms with Crippen LogP contribution in [0.2, 0.25) is 0 Å². The van der Waals surface area contributed by atoms with E-state index in [4.69, 9.17) is 4.74 Å². The van der Waals surface area contributed by atoms with Gasteiger partial charge in [0.05, 0.1) is 6.26 Å². The molecule has 0 aliphatic heterocycles. The van der Waals surface area contributed by atoms with Crippen molar-refractivity contribution in [1.29, 1.82) is 0 Å². The van der Waals surface area contributed by atoms with Gasteiger partial charge in [-0.15, -0.1) is 11.3 Å². The molecule has 2 aromatic rings. The summed E-state index contributed by atoms with van der Waals surface area (Å²) in [6, 6.07) is 11.1. The second-order valence-corrected chi connectivity index (χ2v) is 9.04. The molecule has 0 fully saturated rings. The highest BCUT2D eigenvalue weighted by molar-refractivity contribution is 7.88. The summed E-state index contributed by atoms with van der Waals surface area (Å²) in [4.78, 5) is 37.1. The number of ether oxygens (including phenoxy) is 1. The standard InChI is InChI=1S/C18H21N3O6S2/c1-12(16(22)21-18(24)20-13-6-4-3-5-7-13)27-17(23)15-9-8-14(28-15)10-11-19-29(2,25)26/h3-9,12,19H,10-11H2,1-2H3,(H2,20,21,22,24). The van der Waals surface area contributed by atoms with Crippen LogP contribution in [0.15, 0.2) is 42.5 Å². The molecule has 0 bridgehead atoms. The van der Waals surface area contributed by atoms with E-state index in [1.54, 1.807) is 36.4 Å². The quantitative estimate of drug-likeness (QED) is 0.537. The first-order chi connectivity index (χ1) is 13.6. The summed E-state index contributed by atoms with van der Waals surface area (Å²) in [7, 11) is -3.27. The van der Waals surface area contributed by atoms with E-state index >= 15 is 0 Å². The van der Waals surface area contributed by atoms with Gasteiger partial charge in [-0.25, -0.2) is 22.7 Å². The Bertz CT molecular complexity index is 972. The fourth-order valence-electron chi connectivity index (χ4n) is 2.15. The number of amides is 3. The van der Waals surface area contributed by atoms with Crippen molar-refractivity contribution in [2.24, 2.45) is 0 Å². The normalized spacial score (nSPS) is 12.1. The Morgan fingerprint density at radius 3 is 2.45 bits per heavy atom. The molecule has 29 heavy (non-hydrogen) atoms. The van der Waals surface area contributed by atoms with Crippen LogP contribution in [0.5, 0.6) is 0 Å². The Morgan fingerprint density at radius 1 is 1.10 bits per heavy atom. The first kappa shape index (κ1) is 22.5. The van der Waals surface area contributed by atoms with Crippen LogP contribution >= 0.6 is 11.3 Å². The monoisotopic (exact) mass is 439 g/mol. The number of esters is 1. The van der Waals surface area contributed by atoms with Crippen LogP contribution in [0.4, 0.5) is 10.5 Å². The third-order valence-electron chi connectivity index (χ3n) is 3.52. The van der Waals surface area contributed by atoms with Gasteiger partial charge < -0.3 is 10.1 Å². The highest BCUT2D eigenvalue weighted by atomic mass is 32.2. The zero-order valence-electron chi connectivity index (χ0n) is 15.8. The van der Waals surface area contributed by atoms with E-state index in [0.717, 1.165) is 22.5 Å². The van der Waals surface area contributed by atoms with Crippen molar-refractivity contribution >= 4 is 45.0 Å². The zero-order valence-corrected chi connectivity index (χ0v) is 17.4.